The lowest BCUT2D eigenvalue weighted by molar-refractivity contribution is 0.0918. The van der Waals surface area contributed by atoms with Crippen molar-refractivity contribution in [2.24, 2.45) is 5.16 Å². The van der Waals surface area contributed by atoms with Gasteiger partial charge in [-0.3, -0.25) is 0 Å². The molecule has 0 N–H and O–H groups in total. The number of likely N-dealkylation sites (N-methyl/N-ethyl adjacent to an activating group) is 1. The Balaban J connectivity index is 1.82. The fourth-order valence-corrected chi connectivity index (χ4v) is 2.72. The van der Waals surface area contributed by atoms with E-state index in [1.165, 1.54) is 21.9 Å². The fraction of sp³-hybridized carbons (Fsp3) is 0.389. The van der Waals surface area contributed by atoms with Crippen LogP contribution in [0.15, 0.2) is 41.6 Å². The predicted octanol–water partition coefficient (Wildman–Crippen LogP) is 3.46. The molecule has 3 nitrogen and oxygen atoms in total. The Morgan fingerprint density at radius 2 is 1.95 bits per heavy atom. The minimum absolute atomic E-state index is 0.367. The molecule has 21 heavy (non-hydrogen) atoms. The normalized spacial score (nSPS) is 17.4. The lowest BCUT2D eigenvalue weighted by Crippen LogP contribution is -2.28. The van der Waals surface area contributed by atoms with Crippen molar-refractivity contribution in [2.75, 3.05) is 20.7 Å². The van der Waals surface area contributed by atoms with Crippen molar-refractivity contribution in [3.8, 4) is 0 Å². The summed E-state index contributed by atoms with van der Waals surface area (Å²) in [4.78, 5) is 7.69. The zero-order chi connectivity index (χ0) is 14.8. The summed E-state index contributed by atoms with van der Waals surface area (Å²) in [5, 5.41) is 7.04. The molecule has 0 amide bonds. The van der Waals surface area contributed by atoms with Crippen LogP contribution in [-0.2, 0) is 11.3 Å². The topological polar surface area (TPSA) is 24.8 Å². The van der Waals surface area contributed by atoms with Gasteiger partial charge in [-0.2, -0.15) is 0 Å². The van der Waals surface area contributed by atoms with Gasteiger partial charge in [-0.1, -0.05) is 41.6 Å². The number of rotatable bonds is 4. The van der Waals surface area contributed by atoms with Gasteiger partial charge >= 0.3 is 0 Å². The van der Waals surface area contributed by atoms with E-state index in [-0.39, 0.29) is 0 Å². The van der Waals surface area contributed by atoms with Crippen molar-refractivity contribution in [3.63, 3.8) is 0 Å². The maximum atomic E-state index is 5.56. The number of hydrogen-bond acceptors (Lipinski definition) is 3. The minimum Gasteiger partial charge on any atom is -0.394 e. The van der Waals surface area contributed by atoms with Crippen LogP contribution in [0.5, 0.6) is 0 Å². The van der Waals surface area contributed by atoms with Gasteiger partial charge in [0.15, 0.2) is 0 Å². The Labute approximate surface area is 126 Å². The molecule has 0 saturated heterocycles. The molecule has 1 atom stereocenters. The van der Waals surface area contributed by atoms with Crippen molar-refractivity contribution in [2.45, 2.75) is 25.8 Å². The van der Waals surface area contributed by atoms with Crippen LogP contribution in [0.4, 0.5) is 0 Å². The number of benzene rings is 2. The fourth-order valence-electron chi connectivity index (χ4n) is 2.72. The molecule has 3 heteroatoms. The summed E-state index contributed by atoms with van der Waals surface area (Å²) < 4.78 is 0. The van der Waals surface area contributed by atoms with Crippen LogP contribution in [0.2, 0.25) is 0 Å². The third-order valence-corrected chi connectivity index (χ3v) is 4.34. The van der Waals surface area contributed by atoms with E-state index in [0.717, 1.165) is 18.6 Å². The number of hydrogen-bond donors (Lipinski definition) is 0. The van der Waals surface area contributed by atoms with E-state index in [9.17, 15) is 0 Å². The van der Waals surface area contributed by atoms with Crippen LogP contribution in [-0.4, -0.2) is 37.4 Å². The molecule has 0 aromatic heterocycles. The van der Waals surface area contributed by atoms with Crippen LogP contribution < -0.4 is 0 Å². The van der Waals surface area contributed by atoms with E-state index >= 15 is 0 Å². The largest absolute Gasteiger partial charge is 0.394 e. The van der Waals surface area contributed by atoms with Crippen molar-refractivity contribution in [1.29, 1.82) is 0 Å². The molecule has 0 heterocycles. The first-order valence-corrected chi connectivity index (χ1v) is 7.53. The zero-order valence-electron chi connectivity index (χ0n) is 13.0. The van der Waals surface area contributed by atoms with Gasteiger partial charge in [-0.05, 0) is 50.2 Å². The molecule has 0 fully saturated rings. The highest BCUT2D eigenvalue weighted by Crippen LogP contribution is 2.30. The van der Waals surface area contributed by atoms with E-state index in [1.54, 1.807) is 0 Å². The summed E-state index contributed by atoms with van der Waals surface area (Å²) in [5.41, 5.74) is 3.75. The molecular formula is C18H22N2O. The van der Waals surface area contributed by atoms with Gasteiger partial charge < -0.3 is 9.74 Å². The van der Waals surface area contributed by atoms with E-state index in [2.05, 4.69) is 67.5 Å². The third kappa shape index (κ3) is 2.79. The SMILES string of the molecule is CC(CON=C1CCc2c1ccc1ccccc21)N(C)C. The van der Waals surface area contributed by atoms with Crippen LogP contribution >= 0.6 is 0 Å². The standard InChI is InChI=1S/C18H22N2O/c1-13(20(2)3)12-21-19-18-11-10-16-15-7-5-4-6-14(15)8-9-17(16)18/h4-9,13H,10-12H2,1-3H3. The number of oxime groups is 1. The highest BCUT2D eigenvalue weighted by atomic mass is 16.6. The van der Waals surface area contributed by atoms with Gasteiger partial charge in [0.2, 0.25) is 0 Å². The molecule has 0 saturated carbocycles. The van der Waals surface area contributed by atoms with Crippen molar-refractivity contribution in [1.82, 2.24) is 4.90 Å². The number of aryl methyl sites for hydroxylation is 1. The first-order valence-electron chi connectivity index (χ1n) is 7.53. The second-order valence-corrected chi connectivity index (χ2v) is 5.96. The van der Waals surface area contributed by atoms with Gasteiger partial charge in [-0.15, -0.1) is 0 Å². The quantitative estimate of drug-likeness (QED) is 0.802. The summed E-state index contributed by atoms with van der Waals surface area (Å²) in [6.45, 7) is 2.76. The second kappa shape index (κ2) is 5.86. The molecule has 1 aliphatic rings. The smallest absolute Gasteiger partial charge is 0.132 e. The molecule has 0 aliphatic heterocycles. The average Bonchev–Trinajstić information content (AvgIpc) is 2.90. The predicted molar refractivity (Wildman–Crippen MR) is 87.9 cm³/mol. The highest BCUT2D eigenvalue weighted by Gasteiger charge is 2.20. The third-order valence-electron chi connectivity index (χ3n) is 4.34. The summed E-state index contributed by atoms with van der Waals surface area (Å²) in [6.07, 6.45) is 2.03. The minimum atomic E-state index is 0.367. The van der Waals surface area contributed by atoms with Gasteiger partial charge in [0, 0.05) is 11.6 Å². The summed E-state index contributed by atoms with van der Waals surface area (Å²) in [6, 6.07) is 13.3. The van der Waals surface area contributed by atoms with Gasteiger partial charge in [0.25, 0.3) is 0 Å². The molecule has 1 aliphatic carbocycles. The van der Waals surface area contributed by atoms with Crippen LogP contribution in [0.1, 0.15) is 24.5 Å². The summed E-state index contributed by atoms with van der Waals surface area (Å²) in [5.74, 6) is 0. The zero-order valence-corrected chi connectivity index (χ0v) is 13.0. The number of nitrogens with zero attached hydrogens (tertiary/aromatic N) is 2. The maximum Gasteiger partial charge on any atom is 0.132 e. The average molecular weight is 282 g/mol. The lowest BCUT2D eigenvalue weighted by Gasteiger charge is -2.17. The van der Waals surface area contributed by atoms with E-state index in [0.29, 0.717) is 12.6 Å². The second-order valence-electron chi connectivity index (χ2n) is 5.96. The molecule has 3 rings (SSSR count). The molecule has 110 valence electrons. The highest BCUT2D eigenvalue weighted by molar-refractivity contribution is 6.08. The molecule has 0 spiro atoms. The van der Waals surface area contributed by atoms with E-state index in [1.807, 2.05) is 0 Å². The Kier molecular flexibility index (Phi) is 3.93. The Bertz CT molecular complexity index is 676. The lowest BCUT2D eigenvalue weighted by atomic mass is 10.0. The van der Waals surface area contributed by atoms with Crippen molar-refractivity contribution >= 4 is 16.5 Å². The Morgan fingerprint density at radius 3 is 2.76 bits per heavy atom. The van der Waals surface area contributed by atoms with Crippen molar-refractivity contribution in [3.05, 3.63) is 47.5 Å². The molecule has 0 bridgehead atoms. The molecule has 0 radical (unpaired) electrons. The van der Waals surface area contributed by atoms with Crippen molar-refractivity contribution < 1.29 is 4.84 Å². The molecule has 2 aromatic rings. The van der Waals surface area contributed by atoms with Crippen LogP contribution in [0.25, 0.3) is 10.8 Å². The Morgan fingerprint density at radius 1 is 1.14 bits per heavy atom. The van der Waals surface area contributed by atoms with Crippen LogP contribution in [0, 0.1) is 0 Å². The van der Waals surface area contributed by atoms with Gasteiger partial charge in [0.1, 0.15) is 6.61 Å². The van der Waals surface area contributed by atoms with E-state index in [4.69, 9.17) is 4.84 Å². The summed E-state index contributed by atoms with van der Waals surface area (Å²) in [7, 11) is 4.11. The molecular weight excluding hydrogens is 260 g/mol. The van der Waals surface area contributed by atoms with E-state index < -0.39 is 0 Å². The van der Waals surface area contributed by atoms with Gasteiger partial charge in [-0.25, -0.2) is 0 Å². The number of fused-ring (bicyclic) bond motifs is 3. The first kappa shape index (κ1) is 14.1. The molecule has 2 aromatic carbocycles. The van der Waals surface area contributed by atoms with Gasteiger partial charge in [0.05, 0.1) is 5.71 Å². The summed E-state index contributed by atoms with van der Waals surface area (Å²) >= 11 is 0. The first-order chi connectivity index (χ1) is 10.2. The van der Waals surface area contributed by atoms with Crippen LogP contribution in [0.3, 0.4) is 0 Å². The maximum absolute atomic E-state index is 5.56. The Hall–Kier alpha value is -1.87. The molecule has 1 unspecified atom stereocenters. The monoisotopic (exact) mass is 282 g/mol.